The number of allylic oxidation sites excluding steroid dienone is 3. The van der Waals surface area contributed by atoms with Crippen molar-refractivity contribution in [2.75, 3.05) is 11.0 Å². The highest BCUT2D eigenvalue weighted by atomic mass is 127. The van der Waals surface area contributed by atoms with Gasteiger partial charge in [0.2, 0.25) is 0 Å². The van der Waals surface area contributed by atoms with Gasteiger partial charge in [0.1, 0.15) is 0 Å². The molecule has 1 aliphatic rings. The Morgan fingerprint density at radius 1 is 0.962 bits per heavy atom. The Balaban J connectivity index is -0.0000000789. The molecule has 1 rings (SSSR count). The standard InChI is InChI=1S/C8H12O.C8H16.C2H5I.3C2H6/c1-3-5-8(4-2)6-7-9;1-7-5-3-4-6-8(7)2;1-2-3;3*1-2/h3-5,9H,1-2,6-7H2;7-8H,3-6H2,1-2H3;2H2,1H3;3*1-2H3/b8-5+;;;;;. The molecule has 0 aromatic carbocycles. The number of alkyl halides is 1. The van der Waals surface area contributed by atoms with Crippen LogP contribution in [0.15, 0.2) is 37.0 Å². The van der Waals surface area contributed by atoms with Gasteiger partial charge in [-0.25, -0.2) is 0 Å². The molecule has 0 spiro atoms. The number of rotatable bonds is 4. The number of halogens is 1. The van der Waals surface area contributed by atoms with Crippen LogP contribution in [-0.2, 0) is 0 Å². The molecule has 0 saturated heterocycles. The summed E-state index contributed by atoms with van der Waals surface area (Å²) in [5.41, 5.74) is 1.02. The average molecular weight is 483 g/mol. The molecule has 1 N–H and O–H groups in total. The normalized spacial score (nSPS) is 17.4. The van der Waals surface area contributed by atoms with Crippen LogP contribution in [0.1, 0.15) is 94.4 Å². The molecule has 0 bridgehead atoms. The van der Waals surface area contributed by atoms with E-state index in [9.17, 15) is 0 Å². The van der Waals surface area contributed by atoms with Gasteiger partial charge in [-0.15, -0.1) is 0 Å². The minimum Gasteiger partial charge on any atom is -0.396 e. The van der Waals surface area contributed by atoms with Crippen LogP contribution in [0.25, 0.3) is 0 Å². The lowest BCUT2D eigenvalue weighted by Gasteiger charge is -2.24. The van der Waals surface area contributed by atoms with Gasteiger partial charge < -0.3 is 5.11 Å². The van der Waals surface area contributed by atoms with E-state index in [2.05, 4.69) is 56.5 Å². The van der Waals surface area contributed by atoms with Gasteiger partial charge in [0.15, 0.2) is 0 Å². The van der Waals surface area contributed by atoms with Crippen molar-refractivity contribution in [3.05, 3.63) is 37.0 Å². The average Bonchev–Trinajstić information content (AvgIpc) is 2.70. The molecule has 2 atom stereocenters. The van der Waals surface area contributed by atoms with E-state index in [0.29, 0.717) is 6.42 Å². The maximum Gasteiger partial charge on any atom is 0.0471 e. The summed E-state index contributed by atoms with van der Waals surface area (Å²) in [5.74, 6) is 2.01. The number of hydrogen-bond donors (Lipinski definition) is 1. The minimum absolute atomic E-state index is 0.172. The molecule has 0 aliphatic heterocycles. The van der Waals surface area contributed by atoms with E-state index >= 15 is 0 Å². The predicted octanol–water partition coefficient (Wildman–Crippen LogP) is 9.02. The molecule has 0 aromatic rings. The summed E-state index contributed by atoms with van der Waals surface area (Å²) in [4.78, 5) is 0. The van der Waals surface area contributed by atoms with Crippen molar-refractivity contribution in [1.29, 1.82) is 0 Å². The molecule has 1 nitrogen and oxygen atoms in total. The first-order valence-electron chi connectivity index (χ1n) is 10.7. The van der Waals surface area contributed by atoms with Crippen LogP contribution in [0.3, 0.4) is 0 Å². The zero-order chi connectivity index (χ0) is 21.8. The molecule has 0 heterocycles. The Morgan fingerprint density at radius 2 is 1.31 bits per heavy atom. The highest BCUT2D eigenvalue weighted by Crippen LogP contribution is 2.28. The number of aliphatic hydroxyl groups is 1. The van der Waals surface area contributed by atoms with E-state index in [4.69, 9.17) is 5.11 Å². The third-order valence-corrected chi connectivity index (χ3v) is 3.53. The Morgan fingerprint density at radius 3 is 1.50 bits per heavy atom. The molecule has 0 aromatic heterocycles. The second kappa shape index (κ2) is 39.8. The molecule has 26 heavy (non-hydrogen) atoms. The lowest BCUT2D eigenvalue weighted by Crippen LogP contribution is -2.12. The van der Waals surface area contributed by atoms with E-state index in [1.165, 1.54) is 30.1 Å². The lowest BCUT2D eigenvalue weighted by atomic mass is 9.82. The quantitative estimate of drug-likeness (QED) is 0.241. The van der Waals surface area contributed by atoms with Crippen LogP contribution in [0.2, 0.25) is 0 Å². The van der Waals surface area contributed by atoms with E-state index in [1.807, 2.05) is 47.6 Å². The second-order valence-corrected chi connectivity index (χ2v) is 6.69. The molecular weight excluding hydrogens is 431 g/mol. The molecule has 1 saturated carbocycles. The van der Waals surface area contributed by atoms with Crippen LogP contribution < -0.4 is 0 Å². The summed E-state index contributed by atoms with van der Waals surface area (Å²) in [7, 11) is 0. The van der Waals surface area contributed by atoms with Gasteiger partial charge in [0.05, 0.1) is 0 Å². The SMILES string of the molecule is C=C/C=C(\C=C)CCO.CC.CC.CC.CC1CCCCC1C.CCI. The fourth-order valence-electron chi connectivity index (χ4n) is 2.04. The van der Waals surface area contributed by atoms with Crippen molar-refractivity contribution >= 4 is 22.6 Å². The first-order valence-corrected chi connectivity index (χ1v) is 12.2. The van der Waals surface area contributed by atoms with Gasteiger partial charge in [-0.3, -0.25) is 0 Å². The molecule has 1 aliphatic carbocycles. The second-order valence-electron chi connectivity index (χ2n) is 5.16. The first kappa shape index (κ1) is 36.8. The Hall–Kier alpha value is -0.0900. The maximum atomic E-state index is 8.47. The minimum atomic E-state index is 0.172. The highest BCUT2D eigenvalue weighted by molar-refractivity contribution is 14.1. The van der Waals surface area contributed by atoms with Crippen molar-refractivity contribution in [3.63, 3.8) is 0 Å². The Kier molecular flexibility index (Phi) is 56.3. The van der Waals surface area contributed by atoms with Gasteiger partial charge in [-0.1, -0.05) is 142 Å². The summed E-state index contributed by atoms with van der Waals surface area (Å²) < 4.78 is 1.22. The van der Waals surface area contributed by atoms with Crippen LogP contribution in [-0.4, -0.2) is 16.1 Å². The van der Waals surface area contributed by atoms with E-state index in [0.717, 1.165) is 17.4 Å². The third kappa shape index (κ3) is 35.1. The van der Waals surface area contributed by atoms with Crippen LogP contribution in [0, 0.1) is 11.8 Å². The molecule has 160 valence electrons. The zero-order valence-corrected chi connectivity index (χ0v) is 21.7. The summed E-state index contributed by atoms with van der Waals surface area (Å²) in [6.45, 7) is 26.1. The smallest absolute Gasteiger partial charge is 0.0471 e. The molecule has 1 fully saturated rings. The Bertz CT molecular complexity index is 249. The summed E-state index contributed by atoms with van der Waals surface area (Å²) in [6.07, 6.45) is 11.8. The zero-order valence-electron chi connectivity index (χ0n) is 19.6. The van der Waals surface area contributed by atoms with Crippen molar-refractivity contribution in [2.45, 2.75) is 94.4 Å². The number of hydrogen-bond acceptors (Lipinski definition) is 1. The molecule has 2 heteroatoms. The van der Waals surface area contributed by atoms with Crippen LogP contribution >= 0.6 is 22.6 Å². The van der Waals surface area contributed by atoms with Crippen molar-refractivity contribution < 1.29 is 5.11 Å². The molecule has 0 radical (unpaired) electrons. The van der Waals surface area contributed by atoms with E-state index in [1.54, 1.807) is 12.2 Å². The van der Waals surface area contributed by atoms with Crippen molar-refractivity contribution in [1.82, 2.24) is 0 Å². The molecular formula is C24H51IO. The van der Waals surface area contributed by atoms with Crippen LogP contribution in [0.5, 0.6) is 0 Å². The third-order valence-electron chi connectivity index (χ3n) is 3.53. The Labute approximate surface area is 181 Å². The summed E-state index contributed by atoms with van der Waals surface area (Å²) in [5, 5.41) is 8.47. The summed E-state index contributed by atoms with van der Waals surface area (Å²) in [6, 6.07) is 0. The van der Waals surface area contributed by atoms with Gasteiger partial charge in [-0.2, -0.15) is 0 Å². The number of aliphatic hydroxyl groups excluding tert-OH is 1. The summed E-state index contributed by atoms with van der Waals surface area (Å²) >= 11 is 2.29. The highest BCUT2D eigenvalue weighted by Gasteiger charge is 2.15. The van der Waals surface area contributed by atoms with E-state index < -0.39 is 0 Å². The first-order chi connectivity index (χ1) is 12.6. The topological polar surface area (TPSA) is 20.2 Å². The van der Waals surface area contributed by atoms with Crippen molar-refractivity contribution in [2.24, 2.45) is 11.8 Å². The predicted molar refractivity (Wildman–Crippen MR) is 136 cm³/mol. The fraction of sp³-hybridized carbons (Fsp3) is 0.750. The largest absolute Gasteiger partial charge is 0.396 e. The monoisotopic (exact) mass is 482 g/mol. The van der Waals surface area contributed by atoms with Crippen molar-refractivity contribution in [3.8, 4) is 0 Å². The molecule has 2 unspecified atom stereocenters. The maximum absolute atomic E-state index is 8.47. The fourth-order valence-corrected chi connectivity index (χ4v) is 2.04. The van der Waals surface area contributed by atoms with Gasteiger partial charge in [0, 0.05) is 6.61 Å². The van der Waals surface area contributed by atoms with Crippen LogP contribution in [0.4, 0.5) is 0 Å². The molecule has 0 amide bonds. The van der Waals surface area contributed by atoms with Gasteiger partial charge in [0.25, 0.3) is 0 Å². The van der Waals surface area contributed by atoms with Gasteiger partial charge >= 0.3 is 0 Å². The van der Waals surface area contributed by atoms with E-state index in [-0.39, 0.29) is 6.61 Å². The lowest BCUT2D eigenvalue weighted by molar-refractivity contribution is 0.277. The van der Waals surface area contributed by atoms with Gasteiger partial charge in [-0.05, 0) is 28.3 Å².